The number of anilines is 3. The summed E-state index contributed by atoms with van der Waals surface area (Å²) in [6.07, 6.45) is 11.8. The SMILES string of the molecule is N#Cc1cnn2c(-c3cc(N[C@H]4CCOC4)c(-c4nnc(N5CC6CCC(C5)N6CC5CCN(c6ccc([C@H]7CCC(=O)NC7=O)cn6)CC5)s4)cn3)ccc2c1. The van der Waals surface area contributed by atoms with E-state index in [0.29, 0.717) is 43.0 Å². The largest absolute Gasteiger partial charge is 0.379 e. The molecule has 0 radical (unpaired) electrons. The maximum absolute atomic E-state index is 12.3. The van der Waals surface area contributed by atoms with E-state index in [1.807, 2.05) is 47.2 Å². The fourth-order valence-electron chi connectivity index (χ4n) is 9.35. The van der Waals surface area contributed by atoms with E-state index in [1.165, 1.54) is 12.8 Å². The number of piperazine rings is 1. The number of piperidine rings is 2. The van der Waals surface area contributed by atoms with Gasteiger partial charge >= 0.3 is 0 Å². The lowest BCUT2D eigenvalue weighted by Gasteiger charge is -2.43. The molecule has 4 atom stereocenters. The Balaban J connectivity index is 0.786. The van der Waals surface area contributed by atoms with Crippen LogP contribution in [-0.4, -0.2) is 111 Å². The van der Waals surface area contributed by atoms with Crippen molar-refractivity contribution < 1.29 is 14.3 Å². The zero-order valence-corrected chi connectivity index (χ0v) is 32.4. The number of hydrogen-bond acceptors (Lipinski definition) is 14. The Morgan fingerprint density at radius 2 is 1.79 bits per heavy atom. The normalized spacial score (nSPS) is 24.3. The summed E-state index contributed by atoms with van der Waals surface area (Å²) in [5.41, 5.74) is 5.72. The summed E-state index contributed by atoms with van der Waals surface area (Å²) in [6.45, 7) is 6.37. The molecule has 2 bridgehead atoms. The Hall–Kier alpha value is -5.50. The van der Waals surface area contributed by atoms with Gasteiger partial charge in [-0.3, -0.25) is 24.8 Å². The van der Waals surface area contributed by atoms with Gasteiger partial charge in [-0.15, -0.1) is 10.2 Å². The van der Waals surface area contributed by atoms with E-state index >= 15 is 0 Å². The summed E-state index contributed by atoms with van der Waals surface area (Å²) in [5, 5.41) is 31.3. The number of amides is 2. The molecule has 10 heterocycles. The van der Waals surface area contributed by atoms with Crippen molar-refractivity contribution in [3.63, 3.8) is 0 Å². The van der Waals surface area contributed by atoms with Crippen molar-refractivity contribution >= 4 is 45.3 Å². The number of fused-ring (bicyclic) bond motifs is 3. The molecule has 5 aliphatic rings. The Labute approximate surface area is 334 Å². The van der Waals surface area contributed by atoms with Crippen LogP contribution in [0.25, 0.3) is 27.5 Å². The second-order valence-corrected chi connectivity index (χ2v) is 16.9. The predicted octanol–water partition coefficient (Wildman–Crippen LogP) is 4.47. The highest BCUT2D eigenvalue weighted by atomic mass is 32.1. The number of carbonyl (C=O) groups is 2. The molecule has 2 N–H and O–H groups in total. The monoisotopic (exact) mass is 784 g/mol. The zero-order chi connectivity index (χ0) is 38.5. The van der Waals surface area contributed by atoms with Crippen LogP contribution >= 0.6 is 11.3 Å². The molecule has 57 heavy (non-hydrogen) atoms. The third kappa shape index (κ3) is 7.08. The molecule has 5 fully saturated rings. The Morgan fingerprint density at radius 3 is 2.54 bits per heavy atom. The zero-order valence-electron chi connectivity index (χ0n) is 31.6. The molecule has 292 valence electrons. The number of carbonyl (C=O) groups excluding carboxylic acids is 2. The van der Waals surface area contributed by atoms with Gasteiger partial charge in [0.05, 0.1) is 52.8 Å². The van der Waals surface area contributed by atoms with Gasteiger partial charge in [0.1, 0.15) is 11.9 Å². The first-order valence-electron chi connectivity index (χ1n) is 20.1. The Morgan fingerprint density at radius 1 is 0.930 bits per heavy atom. The number of pyridine rings is 2. The van der Waals surface area contributed by atoms with Crippen LogP contribution in [0.15, 0.2) is 55.0 Å². The molecule has 0 aliphatic carbocycles. The van der Waals surface area contributed by atoms with Gasteiger partial charge in [-0.2, -0.15) is 10.4 Å². The molecule has 10 rings (SSSR count). The summed E-state index contributed by atoms with van der Waals surface area (Å²) in [7, 11) is 0. The van der Waals surface area contributed by atoms with Crippen molar-refractivity contribution in [2.45, 2.75) is 69.0 Å². The number of nitrogens with one attached hydrogen (secondary N) is 2. The third-order valence-electron chi connectivity index (χ3n) is 12.5. The van der Waals surface area contributed by atoms with E-state index in [2.05, 4.69) is 42.6 Å². The molecule has 5 saturated heterocycles. The van der Waals surface area contributed by atoms with E-state index in [1.54, 1.807) is 17.5 Å². The standard InChI is InChI=1S/C41H44N12O3S/c42-17-26-15-29-4-6-36(53(29)45-18-26)35-16-34(46-28-11-14-56-24-28)33(20-43-35)40-48-49-41(57-40)51-22-30-2-3-31(23-51)52(30)21-25-9-12-50(13-10-25)37-7-1-27(19-44-37)32-5-8-38(54)47-39(32)55/h1,4,6-7,15-16,18-20,25,28,30-32H,2-3,5,8-14,21-24H2,(H,43,46)(H,47,54,55)/t28-,30?,31?,32+/m0/s1. The van der Waals surface area contributed by atoms with Crippen LogP contribution in [0, 0.1) is 17.2 Å². The van der Waals surface area contributed by atoms with Crippen molar-refractivity contribution in [2.24, 2.45) is 5.92 Å². The van der Waals surface area contributed by atoms with Crippen molar-refractivity contribution in [2.75, 3.05) is 61.1 Å². The summed E-state index contributed by atoms with van der Waals surface area (Å²) in [5.74, 6) is 0.882. The average molecular weight is 785 g/mol. The van der Waals surface area contributed by atoms with Crippen LogP contribution in [0.3, 0.4) is 0 Å². The van der Waals surface area contributed by atoms with E-state index in [0.717, 1.165) is 108 Å². The lowest BCUT2D eigenvalue weighted by Crippen LogP contribution is -2.55. The maximum atomic E-state index is 12.3. The smallest absolute Gasteiger partial charge is 0.234 e. The predicted molar refractivity (Wildman–Crippen MR) is 215 cm³/mol. The average Bonchev–Trinajstić information content (AvgIpc) is 4.06. The number of aromatic nitrogens is 6. The van der Waals surface area contributed by atoms with Gasteiger partial charge in [-0.05, 0) is 80.3 Å². The van der Waals surface area contributed by atoms with Gasteiger partial charge in [0, 0.05) is 75.9 Å². The molecule has 15 nitrogen and oxygen atoms in total. The van der Waals surface area contributed by atoms with Gasteiger partial charge in [0.15, 0.2) is 5.01 Å². The molecule has 5 aliphatic heterocycles. The molecule has 5 aromatic rings. The van der Waals surface area contributed by atoms with E-state index in [4.69, 9.17) is 24.9 Å². The van der Waals surface area contributed by atoms with Crippen LogP contribution in [0.5, 0.6) is 0 Å². The highest BCUT2D eigenvalue weighted by molar-refractivity contribution is 7.18. The molecule has 0 aromatic carbocycles. The summed E-state index contributed by atoms with van der Waals surface area (Å²) < 4.78 is 7.51. The molecule has 0 spiro atoms. The molecule has 2 unspecified atom stereocenters. The van der Waals surface area contributed by atoms with Crippen molar-refractivity contribution in [1.29, 1.82) is 5.26 Å². The number of rotatable bonds is 9. The number of nitriles is 1. The third-order valence-corrected chi connectivity index (χ3v) is 13.5. The van der Waals surface area contributed by atoms with Crippen LogP contribution in [0.4, 0.5) is 16.6 Å². The lowest BCUT2D eigenvalue weighted by atomic mass is 9.91. The first-order chi connectivity index (χ1) is 28.0. The fraction of sp³-hybridized carbons (Fsp3) is 0.463. The van der Waals surface area contributed by atoms with Gasteiger partial charge in [-0.1, -0.05) is 17.4 Å². The molecule has 2 amide bonds. The van der Waals surface area contributed by atoms with Gasteiger partial charge in [0.25, 0.3) is 0 Å². The Kier molecular flexibility index (Phi) is 9.51. The number of hydrogen-bond donors (Lipinski definition) is 2. The van der Waals surface area contributed by atoms with Crippen LogP contribution in [0.1, 0.15) is 62.0 Å². The summed E-state index contributed by atoms with van der Waals surface area (Å²) in [4.78, 5) is 41.1. The molecular weight excluding hydrogens is 741 g/mol. The highest BCUT2D eigenvalue weighted by Gasteiger charge is 2.42. The number of imide groups is 1. The minimum absolute atomic E-state index is 0.192. The topological polar surface area (TPSA) is 170 Å². The van der Waals surface area contributed by atoms with Crippen LogP contribution < -0.4 is 20.4 Å². The lowest BCUT2D eigenvalue weighted by molar-refractivity contribution is -0.134. The minimum atomic E-state index is -0.306. The first kappa shape index (κ1) is 35.9. The van der Waals surface area contributed by atoms with E-state index < -0.39 is 0 Å². The second kappa shape index (κ2) is 15.1. The van der Waals surface area contributed by atoms with E-state index in [9.17, 15) is 14.9 Å². The van der Waals surface area contributed by atoms with Gasteiger partial charge < -0.3 is 19.9 Å². The number of nitrogens with zero attached hydrogens (tertiary/aromatic N) is 10. The van der Waals surface area contributed by atoms with E-state index in [-0.39, 0.29) is 23.8 Å². The maximum Gasteiger partial charge on any atom is 0.234 e. The van der Waals surface area contributed by atoms with Gasteiger partial charge in [-0.25, -0.2) is 9.50 Å². The minimum Gasteiger partial charge on any atom is -0.379 e. The Bertz CT molecular complexity index is 2330. The van der Waals surface area contributed by atoms with Crippen molar-refractivity contribution in [1.82, 2.24) is 40.0 Å². The summed E-state index contributed by atoms with van der Waals surface area (Å²) >= 11 is 1.63. The first-order valence-corrected chi connectivity index (χ1v) is 20.9. The fourth-order valence-corrected chi connectivity index (χ4v) is 10.2. The molecule has 0 saturated carbocycles. The van der Waals surface area contributed by atoms with Crippen molar-refractivity contribution in [3.8, 4) is 28.0 Å². The van der Waals surface area contributed by atoms with Gasteiger partial charge in [0.2, 0.25) is 16.9 Å². The summed E-state index contributed by atoms with van der Waals surface area (Å²) in [6, 6.07) is 15.2. The van der Waals surface area contributed by atoms with Crippen molar-refractivity contribution in [3.05, 3.63) is 66.1 Å². The molecular formula is C41H44N12O3S. The van der Waals surface area contributed by atoms with Crippen LogP contribution in [-0.2, 0) is 14.3 Å². The van der Waals surface area contributed by atoms with Crippen LogP contribution in [0.2, 0.25) is 0 Å². The molecule has 16 heteroatoms. The highest BCUT2D eigenvalue weighted by Crippen LogP contribution is 2.40. The second-order valence-electron chi connectivity index (χ2n) is 16.0. The molecule has 5 aromatic heterocycles. The quantitative estimate of drug-likeness (QED) is 0.201. The number of ether oxygens (including phenoxy) is 1.